The van der Waals surface area contributed by atoms with Gasteiger partial charge in [-0.15, -0.1) is 0 Å². The van der Waals surface area contributed by atoms with Crippen LogP contribution < -0.4 is 4.74 Å². The molecule has 1 aromatic rings. The molecule has 0 radical (unpaired) electrons. The van der Waals surface area contributed by atoms with Gasteiger partial charge in [0.2, 0.25) is 0 Å². The average Bonchev–Trinajstić information content (AvgIpc) is 2.52. The minimum absolute atomic E-state index is 0.407. The maximum atomic E-state index is 10.8. The number of ether oxygens (including phenoxy) is 2. The summed E-state index contributed by atoms with van der Waals surface area (Å²) in [7, 11) is 1.75. The van der Waals surface area contributed by atoms with Gasteiger partial charge in [-0.1, -0.05) is 17.7 Å². The Labute approximate surface area is 142 Å². The van der Waals surface area contributed by atoms with Crippen LogP contribution in [-0.2, 0) is 16.1 Å². The lowest BCUT2D eigenvalue weighted by atomic mass is 9.97. The Balaban J connectivity index is 1.90. The number of methoxy groups -OCH3 is 1. The summed E-state index contributed by atoms with van der Waals surface area (Å²) in [5, 5.41) is 9.33. The molecule has 1 fully saturated rings. The summed E-state index contributed by atoms with van der Waals surface area (Å²) >= 11 is 6.21. The lowest BCUT2D eigenvalue weighted by Gasteiger charge is -2.31. The normalized spacial score (nSPS) is 17.9. The largest absolute Gasteiger partial charge is 0.479 e. The molecule has 23 heavy (non-hydrogen) atoms. The van der Waals surface area contributed by atoms with Crippen molar-refractivity contribution in [2.24, 2.45) is 5.92 Å². The summed E-state index contributed by atoms with van der Waals surface area (Å²) in [6, 6.07) is 5.54. The maximum Gasteiger partial charge on any atom is 0.344 e. The van der Waals surface area contributed by atoms with E-state index in [1.165, 1.54) is 6.92 Å². The van der Waals surface area contributed by atoms with Crippen molar-refractivity contribution in [1.29, 1.82) is 0 Å². The molecule has 0 unspecified atom stereocenters. The molecule has 1 aliphatic heterocycles. The third-order valence-electron chi connectivity index (χ3n) is 4.16. The van der Waals surface area contributed by atoms with E-state index in [0.29, 0.717) is 16.7 Å². The molecule has 0 saturated carbocycles. The summed E-state index contributed by atoms with van der Waals surface area (Å²) < 4.78 is 10.6. The number of rotatable bonds is 7. The molecule has 6 heteroatoms. The molecular formula is C17H24ClNO4. The zero-order chi connectivity index (χ0) is 16.8. The Morgan fingerprint density at radius 1 is 1.43 bits per heavy atom. The molecule has 0 spiro atoms. The van der Waals surface area contributed by atoms with Gasteiger partial charge in [-0.2, -0.15) is 0 Å². The number of hydrogen-bond donors (Lipinski definition) is 1. The summed E-state index contributed by atoms with van der Waals surface area (Å²) in [5.41, 5.74) is 1.11. The highest BCUT2D eigenvalue weighted by atomic mass is 35.5. The predicted octanol–water partition coefficient (Wildman–Crippen LogP) is 3.05. The highest BCUT2D eigenvalue weighted by Crippen LogP contribution is 2.28. The molecule has 0 amide bonds. The van der Waals surface area contributed by atoms with Crippen LogP contribution in [0.4, 0.5) is 0 Å². The van der Waals surface area contributed by atoms with Crippen molar-refractivity contribution in [3.63, 3.8) is 0 Å². The number of carbonyl (C=O) groups is 1. The van der Waals surface area contributed by atoms with Gasteiger partial charge in [0.15, 0.2) is 6.10 Å². The molecular weight excluding hydrogens is 318 g/mol. The van der Waals surface area contributed by atoms with Gasteiger partial charge < -0.3 is 14.6 Å². The molecule has 0 bridgehead atoms. The fraction of sp³-hybridized carbons (Fsp3) is 0.588. The van der Waals surface area contributed by atoms with Crippen molar-refractivity contribution in [2.45, 2.75) is 32.4 Å². The first-order valence-corrected chi connectivity index (χ1v) is 8.26. The number of carboxylic acid groups (broad SMARTS) is 1. The number of halogens is 1. The van der Waals surface area contributed by atoms with Gasteiger partial charge >= 0.3 is 5.97 Å². The molecule has 1 saturated heterocycles. The third-order valence-corrected chi connectivity index (χ3v) is 4.46. The minimum atomic E-state index is -1.01. The molecule has 1 aliphatic rings. The van der Waals surface area contributed by atoms with Crippen LogP contribution in [0.15, 0.2) is 18.2 Å². The lowest BCUT2D eigenvalue weighted by Crippen LogP contribution is -2.34. The maximum absolute atomic E-state index is 10.8. The van der Waals surface area contributed by atoms with Crippen LogP contribution >= 0.6 is 11.6 Å². The zero-order valence-electron chi connectivity index (χ0n) is 13.6. The van der Waals surface area contributed by atoms with E-state index in [0.717, 1.165) is 44.6 Å². The summed E-state index contributed by atoms with van der Waals surface area (Å²) in [6.07, 6.45) is 1.38. The van der Waals surface area contributed by atoms with E-state index in [1.54, 1.807) is 13.2 Å². The quantitative estimate of drug-likeness (QED) is 0.826. The Morgan fingerprint density at radius 2 is 2.13 bits per heavy atom. The Bertz CT molecular complexity index is 529. The molecule has 1 N–H and O–H groups in total. The minimum Gasteiger partial charge on any atom is -0.479 e. The summed E-state index contributed by atoms with van der Waals surface area (Å²) in [5.74, 6) is 0.0568. The molecule has 2 rings (SSSR count). The monoisotopic (exact) mass is 341 g/mol. The van der Waals surface area contributed by atoms with E-state index in [-0.39, 0.29) is 0 Å². The van der Waals surface area contributed by atoms with Crippen LogP contribution in [0.1, 0.15) is 25.3 Å². The van der Waals surface area contributed by atoms with Crippen LogP contribution in [0.3, 0.4) is 0 Å². The van der Waals surface area contributed by atoms with Crippen molar-refractivity contribution < 1.29 is 19.4 Å². The number of piperidine rings is 1. The van der Waals surface area contributed by atoms with E-state index in [2.05, 4.69) is 4.90 Å². The van der Waals surface area contributed by atoms with E-state index in [4.69, 9.17) is 26.2 Å². The van der Waals surface area contributed by atoms with E-state index in [9.17, 15) is 4.79 Å². The fourth-order valence-electron chi connectivity index (χ4n) is 2.78. The van der Waals surface area contributed by atoms with Gasteiger partial charge in [0.1, 0.15) is 5.75 Å². The molecule has 128 valence electrons. The smallest absolute Gasteiger partial charge is 0.344 e. The Kier molecular flexibility index (Phi) is 6.69. The number of nitrogens with zero attached hydrogens (tertiary/aromatic N) is 1. The molecule has 1 aromatic carbocycles. The van der Waals surface area contributed by atoms with Crippen LogP contribution in [-0.4, -0.2) is 48.9 Å². The molecule has 1 heterocycles. The van der Waals surface area contributed by atoms with Crippen molar-refractivity contribution in [2.75, 3.05) is 26.8 Å². The van der Waals surface area contributed by atoms with Gasteiger partial charge in [-0.05, 0) is 56.5 Å². The first kappa shape index (κ1) is 18.0. The molecule has 5 nitrogen and oxygen atoms in total. The van der Waals surface area contributed by atoms with Gasteiger partial charge in [-0.3, -0.25) is 4.90 Å². The van der Waals surface area contributed by atoms with Crippen molar-refractivity contribution in [3.05, 3.63) is 28.8 Å². The molecule has 0 aromatic heterocycles. The number of benzene rings is 1. The lowest BCUT2D eigenvalue weighted by molar-refractivity contribution is -0.144. The van der Waals surface area contributed by atoms with E-state index >= 15 is 0 Å². The first-order valence-electron chi connectivity index (χ1n) is 7.88. The SMILES string of the molecule is COCC1CCN(Cc2ccc(O[C@@H](C)C(=O)O)c(Cl)c2)CC1. The van der Waals surface area contributed by atoms with E-state index < -0.39 is 12.1 Å². The second-order valence-electron chi connectivity index (χ2n) is 6.04. The van der Waals surface area contributed by atoms with Crippen LogP contribution in [0.2, 0.25) is 5.02 Å². The number of likely N-dealkylation sites (tertiary alicyclic amines) is 1. The first-order chi connectivity index (χ1) is 11.0. The second-order valence-corrected chi connectivity index (χ2v) is 6.45. The number of hydrogen-bond acceptors (Lipinski definition) is 4. The number of carboxylic acids is 1. The predicted molar refractivity (Wildman–Crippen MR) is 89.1 cm³/mol. The zero-order valence-corrected chi connectivity index (χ0v) is 14.4. The van der Waals surface area contributed by atoms with Crippen LogP contribution in [0.25, 0.3) is 0 Å². The second kappa shape index (κ2) is 8.52. The Hall–Kier alpha value is -1.30. The van der Waals surface area contributed by atoms with Gasteiger partial charge in [0, 0.05) is 20.3 Å². The fourth-order valence-corrected chi connectivity index (χ4v) is 3.03. The summed E-state index contributed by atoms with van der Waals surface area (Å²) in [6.45, 7) is 5.28. The van der Waals surface area contributed by atoms with Crippen molar-refractivity contribution in [1.82, 2.24) is 4.90 Å². The number of aliphatic carboxylic acids is 1. The topological polar surface area (TPSA) is 59.0 Å². The summed E-state index contributed by atoms with van der Waals surface area (Å²) in [4.78, 5) is 13.2. The average molecular weight is 342 g/mol. The Morgan fingerprint density at radius 3 is 2.70 bits per heavy atom. The van der Waals surface area contributed by atoms with Gasteiger partial charge in [-0.25, -0.2) is 4.79 Å². The molecule has 1 atom stereocenters. The van der Waals surface area contributed by atoms with Crippen LogP contribution in [0.5, 0.6) is 5.75 Å². The van der Waals surface area contributed by atoms with Crippen molar-refractivity contribution >= 4 is 17.6 Å². The van der Waals surface area contributed by atoms with E-state index in [1.807, 2.05) is 12.1 Å². The van der Waals surface area contributed by atoms with Gasteiger partial charge in [0.05, 0.1) is 5.02 Å². The standard InChI is InChI=1S/C17H24ClNO4/c1-12(17(20)21)23-16-4-3-14(9-15(16)18)10-19-7-5-13(6-8-19)11-22-2/h3-4,9,12-13H,5-8,10-11H2,1-2H3,(H,20,21)/t12-/m0/s1. The third kappa shape index (κ3) is 5.37. The highest BCUT2D eigenvalue weighted by Gasteiger charge is 2.20. The molecule has 0 aliphatic carbocycles. The van der Waals surface area contributed by atoms with Crippen LogP contribution in [0, 0.1) is 5.92 Å². The van der Waals surface area contributed by atoms with Crippen molar-refractivity contribution in [3.8, 4) is 5.75 Å². The highest BCUT2D eigenvalue weighted by molar-refractivity contribution is 6.32. The van der Waals surface area contributed by atoms with Gasteiger partial charge in [0.25, 0.3) is 0 Å².